The second-order valence-corrected chi connectivity index (χ2v) is 34.2. The fourth-order valence-electron chi connectivity index (χ4n) is 11.7. The van der Waals surface area contributed by atoms with Gasteiger partial charge in [0.1, 0.15) is 72.5 Å². The molecule has 6 N–H and O–H groups in total. The summed E-state index contributed by atoms with van der Waals surface area (Å²) in [4.78, 5) is 145. The van der Waals surface area contributed by atoms with Gasteiger partial charge in [0.25, 0.3) is 0 Å². The maximum Gasteiger partial charge on any atom is 0.329 e. The molecule has 2 atom stereocenters. The number of hydrogen-bond donors (Lipinski definition) is 6. The summed E-state index contributed by atoms with van der Waals surface area (Å²) in [5.41, 5.74) is -2.25. The third-order valence-electron chi connectivity index (χ3n) is 17.5. The maximum atomic E-state index is 12.9. The molecule has 0 saturated heterocycles. The van der Waals surface area contributed by atoms with Gasteiger partial charge in [-0.3, -0.25) is 43.2 Å². The molecule has 0 aromatic rings. The molecular weight excluding hydrogens is 1590 g/mol. The van der Waals surface area contributed by atoms with Gasteiger partial charge in [0.05, 0.1) is 66.1 Å². The van der Waals surface area contributed by atoms with Crippen molar-refractivity contribution >= 4 is 84.3 Å². The Kier molecular flexibility index (Phi) is 81.6. The lowest BCUT2D eigenvalue weighted by atomic mass is 10.0. The SMILES string of the molecule is CC(=O)COCCOCCNC(=O)COCCOCCCC(=O)CC[C@H](NC(=O)CCCCCCCCCCCCCCCCC(=O)OC(C)(C)C)C(=O)OC(C)(C)C.CC(C)(C)OC(=O)CCCCCCCCCCCCCCCCC(=O)N[C@@H](CCC(=O)CCCOCCOCC(=O)NCCOCCOCC(=O)O)C(=O)OC(C)(C)C.CO.S. The van der Waals surface area contributed by atoms with Crippen LogP contribution in [-0.2, 0) is 114 Å². The van der Waals surface area contributed by atoms with Crippen LogP contribution in [0.25, 0.3) is 0 Å². The van der Waals surface area contributed by atoms with Crippen molar-refractivity contribution in [2.75, 3.05) is 126 Å². The molecule has 710 valence electrons. The molecule has 0 aromatic carbocycles. The number of esters is 4. The van der Waals surface area contributed by atoms with E-state index in [2.05, 4.69) is 21.3 Å². The van der Waals surface area contributed by atoms with E-state index in [-0.39, 0.29) is 184 Å². The van der Waals surface area contributed by atoms with Gasteiger partial charge in [0.15, 0.2) is 5.78 Å². The van der Waals surface area contributed by atoms with Gasteiger partial charge in [0.2, 0.25) is 23.6 Å². The molecule has 0 bridgehead atoms. The van der Waals surface area contributed by atoms with Crippen LogP contribution < -0.4 is 21.3 Å². The van der Waals surface area contributed by atoms with Crippen molar-refractivity contribution in [1.29, 1.82) is 0 Å². The lowest BCUT2D eigenvalue weighted by Gasteiger charge is -2.24. The van der Waals surface area contributed by atoms with Crippen LogP contribution in [0.4, 0.5) is 0 Å². The monoisotopic (exact) mass is 1750 g/mol. The quantitative estimate of drug-likeness (QED) is 0.0187. The van der Waals surface area contributed by atoms with E-state index in [1.807, 2.05) is 41.5 Å². The van der Waals surface area contributed by atoms with Crippen LogP contribution >= 0.6 is 13.5 Å². The number of carboxylic acids is 1. The molecule has 4 amide bonds. The molecule has 0 aromatic heterocycles. The number of aliphatic carboxylic acids is 1. The number of ether oxygens (including phenoxy) is 12. The van der Waals surface area contributed by atoms with E-state index in [0.29, 0.717) is 78.1 Å². The van der Waals surface area contributed by atoms with Crippen LogP contribution in [0.3, 0.4) is 0 Å². The van der Waals surface area contributed by atoms with Gasteiger partial charge in [-0.2, -0.15) is 13.5 Å². The van der Waals surface area contributed by atoms with Crippen LogP contribution in [0.15, 0.2) is 0 Å². The van der Waals surface area contributed by atoms with E-state index in [1.165, 1.54) is 110 Å². The Morgan fingerprint density at radius 3 is 0.793 bits per heavy atom. The van der Waals surface area contributed by atoms with Crippen molar-refractivity contribution in [3.05, 3.63) is 0 Å². The zero-order chi connectivity index (χ0) is 90.4. The molecule has 0 spiro atoms. The fraction of sp³-hybridized carbons (Fsp3) is 0.867. The molecule has 0 aliphatic carbocycles. The average molecular weight is 1750 g/mol. The predicted molar refractivity (Wildman–Crippen MR) is 471 cm³/mol. The maximum absolute atomic E-state index is 12.9. The van der Waals surface area contributed by atoms with Gasteiger partial charge < -0.3 is 88.3 Å². The summed E-state index contributed by atoms with van der Waals surface area (Å²) in [7, 11) is 1.00. The summed E-state index contributed by atoms with van der Waals surface area (Å²) in [6.45, 7) is 26.8. The Labute approximate surface area is 734 Å². The molecule has 0 unspecified atom stereocenters. The van der Waals surface area contributed by atoms with E-state index in [1.54, 1.807) is 41.5 Å². The number of aliphatic hydroxyl groups is 1. The first-order valence-corrected chi connectivity index (χ1v) is 44.8. The van der Waals surface area contributed by atoms with E-state index < -0.39 is 52.4 Å². The summed E-state index contributed by atoms with van der Waals surface area (Å²) in [6.07, 6.45) is 35.4. The van der Waals surface area contributed by atoms with E-state index in [4.69, 9.17) is 67.1 Å². The molecule has 0 fully saturated rings. The number of hydrogen-bond acceptors (Lipinski definition) is 25. The van der Waals surface area contributed by atoms with Crippen molar-refractivity contribution in [3.8, 4) is 0 Å². The number of carbonyl (C=O) groups is 12. The fourth-order valence-corrected chi connectivity index (χ4v) is 11.7. The molecule has 121 heavy (non-hydrogen) atoms. The Hall–Kier alpha value is -5.77. The smallest absolute Gasteiger partial charge is 0.329 e. The number of unbranched alkanes of at least 4 members (excludes halogenated alkanes) is 26. The lowest BCUT2D eigenvalue weighted by molar-refractivity contribution is -0.159. The van der Waals surface area contributed by atoms with Crippen LogP contribution in [0, 0.1) is 0 Å². The third kappa shape index (κ3) is 96.3. The minimum absolute atomic E-state index is 0. The number of Topliss-reactive ketones (excluding diaryl/α,β-unsaturated/α-hetero) is 3. The van der Waals surface area contributed by atoms with Crippen LogP contribution in [0.5, 0.6) is 0 Å². The van der Waals surface area contributed by atoms with Gasteiger partial charge in [0, 0.05) is 84.8 Å². The highest BCUT2D eigenvalue weighted by molar-refractivity contribution is 7.59. The lowest BCUT2D eigenvalue weighted by Crippen LogP contribution is -2.44. The molecular formula is C90H168N4O26S. The number of rotatable bonds is 78. The highest BCUT2D eigenvalue weighted by Crippen LogP contribution is 2.20. The Morgan fingerprint density at radius 2 is 0.521 bits per heavy atom. The number of amides is 4. The standard InChI is InChI=1S/C45H82N2O12.C44H80N2O13.CH4O.H2S/c1-37(48)35-56-33-32-55-30-28-46-41(51)36-57-34-31-54-29-22-23-38(49)26-27-39(43(53)59-45(5,6)7)47-40(50)24-20-18-16-14-12-10-8-9-11-13-15-17-19-21-25-42(52)58-44(2,3)4;1-43(2,3)58-41(52)24-20-18-16-14-12-10-8-7-9-11-13-15-17-19-23-38(48)46-37(42(53)59-44(4,5)6)26-25-36(47)22-21-28-54-30-32-56-34-39(49)45-27-29-55-31-33-57-35-40(50)51;1-2;/h39H,8-36H2,1-7H3,(H,46,51)(H,47,50);37H,7-35H2,1-6H3,(H,45,49)(H,46,48)(H,50,51);2H,1H3;1H2/t39-;37-;;/m00../s1. The van der Waals surface area contributed by atoms with Crippen molar-refractivity contribution < 1.29 is 125 Å². The first kappa shape index (κ1) is 122. The predicted octanol–water partition coefficient (Wildman–Crippen LogP) is 13.8. The molecule has 0 aliphatic heterocycles. The van der Waals surface area contributed by atoms with Crippen molar-refractivity contribution in [2.45, 2.75) is 381 Å². The highest BCUT2D eigenvalue weighted by atomic mass is 32.1. The van der Waals surface area contributed by atoms with Crippen LogP contribution in [-0.4, -0.2) is 241 Å². The van der Waals surface area contributed by atoms with Gasteiger partial charge in [-0.15, -0.1) is 0 Å². The molecule has 0 rings (SSSR count). The molecule has 0 heterocycles. The number of aliphatic hydroxyl groups excluding tert-OH is 1. The van der Waals surface area contributed by atoms with E-state index in [9.17, 15) is 57.5 Å². The first-order valence-electron chi connectivity index (χ1n) is 44.8. The summed E-state index contributed by atoms with van der Waals surface area (Å²) >= 11 is 0. The van der Waals surface area contributed by atoms with Crippen molar-refractivity contribution in [3.63, 3.8) is 0 Å². The topological polar surface area (TPSA) is 404 Å². The average Bonchev–Trinajstić information content (AvgIpc) is 0.880. The second kappa shape index (κ2) is 81.3. The first-order chi connectivity index (χ1) is 57.0. The number of carboxylic acid groups (broad SMARTS) is 1. The second-order valence-electron chi connectivity index (χ2n) is 34.2. The normalized spacial score (nSPS) is 11.9. The minimum atomic E-state index is -1.05. The molecule has 30 nitrogen and oxygen atoms in total. The summed E-state index contributed by atoms with van der Waals surface area (Å²) in [5.74, 6) is -3.43. The highest BCUT2D eigenvalue weighted by Gasteiger charge is 2.29. The van der Waals surface area contributed by atoms with Gasteiger partial charge in [-0.1, -0.05) is 154 Å². The molecule has 31 heteroatoms. The Balaban J connectivity index is -0.00000110. The van der Waals surface area contributed by atoms with Gasteiger partial charge in [-0.05, 0) is 141 Å². The number of ketones is 3. The minimum Gasteiger partial charge on any atom is -0.480 e. The third-order valence-corrected chi connectivity index (χ3v) is 17.5. The molecule has 0 radical (unpaired) electrons. The van der Waals surface area contributed by atoms with Crippen LogP contribution in [0.2, 0.25) is 0 Å². The van der Waals surface area contributed by atoms with Gasteiger partial charge in [-0.25, -0.2) is 14.4 Å². The van der Waals surface area contributed by atoms with E-state index >= 15 is 0 Å². The summed E-state index contributed by atoms with van der Waals surface area (Å²) < 4.78 is 63.8. The molecule has 0 aliphatic rings. The zero-order valence-electron chi connectivity index (χ0n) is 77.4. The van der Waals surface area contributed by atoms with E-state index in [0.717, 1.165) is 84.2 Å². The summed E-state index contributed by atoms with van der Waals surface area (Å²) in [5, 5.41) is 26.4. The van der Waals surface area contributed by atoms with Crippen molar-refractivity contribution in [1.82, 2.24) is 21.3 Å². The number of nitrogens with one attached hydrogen (secondary N) is 4. The van der Waals surface area contributed by atoms with Gasteiger partial charge >= 0.3 is 29.8 Å². The Morgan fingerprint density at radius 1 is 0.273 bits per heavy atom. The number of carbonyl (C=O) groups excluding carboxylic acids is 11. The zero-order valence-corrected chi connectivity index (χ0v) is 78.4. The van der Waals surface area contributed by atoms with Crippen LogP contribution in [0.1, 0.15) is 347 Å². The summed E-state index contributed by atoms with van der Waals surface area (Å²) in [6, 6.07) is -1.77. The largest absolute Gasteiger partial charge is 0.480 e. The molecule has 0 saturated carbocycles. The van der Waals surface area contributed by atoms with Crippen molar-refractivity contribution in [2.24, 2.45) is 0 Å². The Bertz CT molecular complexity index is 2490.